The van der Waals surface area contributed by atoms with E-state index in [2.05, 4.69) is 0 Å². The molecule has 1 N–H and O–H groups in total. The van der Waals surface area contributed by atoms with E-state index >= 15 is 0 Å². The van der Waals surface area contributed by atoms with Crippen molar-refractivity contribution < 1.29 is 30.6 Å². The van der Waals surface area contributed by atoms with E-state index in [0.29, 0.717) is 0 Å². The molecule has 1 aromatic rings. The summed E-state index contributed by atoms with van der Waals surface area (Å²) in [6.07, 6.45) is 0. The van der Waals surface area contributed by atoms with E-state index in [0.717, 1.165) is 0 Å². The van der Waals surface area contributed by atoms with Crippen LogP contribution in [0.1, 0.15) is 10.4 Å². The summed E-state index contributed by atoms with van der Waals surface area (Å²) in [6.45, 7) is 0. The number of hydrogen-bond donors (Lipinski definition) is 1. The van der Waals surface area contributed by atoms with E-state index in [9.17, 15) is 13.2 Å². The Morgan fingerprint density at radius 3 is 2.29 bits per heavy atom. The molecule has 7 heteroatoms. The van der Waals surface area contributed by atoms with Gasteiger partial charge in [0, 0.05) is 17.4 Å². The molecule has 0 atom stereocenters. The third-order valence-corrected chi connectivity index (χ3v) is 3.04. The molecular weight excluding hydrogens is 309 g/mol. The van der Waals surface area contributed by atoms with Gasteiger partial charge in [-0.15, -0.1) is 0 Å². The van der Waals surface area contributed by atoms with Gasteiger partial charge < -0.3 is 0 Å². The summed E-state index contributed by atoms with van der Waals surface area (Å²) in [5, 5.41) is 0. The van der Waals surface area contributed by atoms with Gasteiger partial charge in [0.05, 0.1) is 5.56 Å². The third-order valence-electron chi connectivity index (χ3n) is 1.65. The van der Waals surface area contributed by atoms with Crippen LogP contribution in [0.25, 0.3) is 0 Å². The number of benzene rings is 1. The molecule has 1 heterocycles. The first kappa shape index (κ1) is 13.7. The number of fused-ring (bicyclic) bond motifs is 1. The van der Waals surface area contributed by atoms with Gasteiger partial charge in [0.25, 0.3) is 15.9 Å². The topological polar surface area (TPSA) is 63.2 Å². The maximum absolute atomic E-state index is 11.1. The second-order valence-corrected chi connectivity index (χ2v) is 4.08. The van der Waals surface area contributed by atoms with E-state index < -0.39 is 15.9 Å². The van der Waals surface area contributed by atoms with Crippen LogP contribution in [-0.2, 0) is 27.4 Å². The molecule has 1 aromatic carbocycles. The summed E-state index contributed by atoms with van der Waals surface area (Å²) >= 11 is 0. The number of nitrogens with one attached hydrogen (secondary N) is 1. The molecule has 14 heavy (non-hydrogen) atoms. The van der Waals surface area contributed by atoms with Crippen molar-refractivity contribution in [3.05, 3.63) is 29.8 Å². The molecule has 1 amide bonds. The Bertz CT molecular complexity index is 460. The van der Waals surface area contributed by atoms with Crippen LogP contribution in [0.4, 0.5) is 0 Å². The van der Waals surface area contributed by atoms with Crippen LogP contribution in [0.15, 0.2) is 29.2 Å². The zero-order valence-electron chi connectivity index (χ0n) is 6.85. The number of rotatable bonds is 0. The van der Waals surface area contributed by atoms with Gasteiger partial charge in [0.1, 0.15) is 4.90 Å². The van der Waals surface area contributed by atoms with Crippen molar-refractivity contribution in [3.8, 4) is 0 Å². The molecule has 4 nitrogen and oxygen atoms in total. The van der Waals surface area contributed by atoms with Crippen LogP contribution in [-0.4, -0.2) is 31.4 Å². The van der Waals surface area contributed by atoms with E-state index in [1.165, 1.54) is 12.1 Å². The van der Waals surface area contributed by atoms with E-state index in [-0.39, 0.29) is 44.9 Å². The van der Waals surface area contributed by atoms with Gasteiger partial charge in [-0.1, -0.05) is 12.1 Å². The van der Waals surface area contributed by atoms with E-state index in [1.807, 2.05) is 4.72 Å². The zero-order chi connectivity index (χ0) is 8.77. The fourth-order valence-electron chi connectivity index (χ4n) is 1.12. The minimum absolute atomic E-state index is 0. The van der Waals surface area contributed by atoms with Gasteiger partial charge in [-0.05, 0) is 12.1 Å². The summed E-state index contributed by atoms with van der Waals surface area (Å²) in [6, 6.07) is 6.09. The molecule has 0 radical (unpaired) electrons. The Morgan fingerprint density at radius 2 is 1.71 bits per heavy atom. The molecule has 1 aliphatic heterocycles. The van der Waals surface area contributed by atoms with Crippen molar-refractivity contribution in [1.82, 2.24) is 4.72 Å². The predicted molar refractivity (Wildman–Crippen MR) is 49.6 cm³/mol. The van der Waals surface area contributed by atoms with Gasteiger partial charge in [0.2, 0.25) is 0 Å². The summed E-state index contributed by atoms with van der Waals surface area (Å²) in [7, 11) is -3.55. The normalized spacial score (nSPS) is 15.9. The van der Waals surface area contributed by atoms with Crippen LogP contribution >= 0.6 is 0 Å². The van der Waals surface area contributed by atoms with Crippen molar-refractivity contribution in [2.75, 3.05) is 0 Å². The van der Waals surface area contributed by atoms with E-state index in [1.54, 1.807) is 12.1 Å². The molecule has 0 saturated heterocycles. The first-order valence-corrected chi connectivity index (χ1v) is 4.76. The fourth-order valence-corrected chi connectivity index (χ4v) is 2.29. The number of amides is 1. The van der Waals surface area contributed by atoms with Gasteiger partial charge in [-0.3, -0.25) is 4.79 Å². The van der Waals surface area contributed by atoms with Gasteiger partial charge >= 0.3 is 17.1 Å². The minimum atomic E-state index is -3.55. The van der Waals surface area contributed by atoms with Crippen molar-refractivity contribution in [2.24, 2.45) is 0 Å². The molecule has 76 valence electrons. The van der Waals surface area contributed by atoms with E-state index in [4.69, 9.17) is 0 Å². The average Bonchev–Trinajstić information content (AvgIpc) is 2.25. The van der Waals surface area contributed by atoms with Crippen molar-refractivity contribution in [1.29, 1.82) is 0 Å². The fraction of sp³-hybridized carbons (Fsp3) is 0. The number of carbonyl (C=O) groups is 1. The van der Waals surface area contributed by atoms with Gasteiger partial charge in [-0.2, -0.15) is 0 Å². The standard InChI is InChI=1S/C7H5NO3S.Cr.H2Se/c9-7-5-3-1-2-4-6(5)12(10,11)8-7;;/h1-4H,(H,8,9);;1H2. The van der Waals surface area contributed by atoms with Crippen LogP contribution in [0.2, 0.25) is 0 Å². The molecular formula is C7H7CrNO3SSe. The molecule has 0 bridgehead atoms. The van der Waals surface area contributed by atoms with Crippen LogP contribution in [0, 0.1) is 0 Å². The zero-order valence-corrected chi connectivity index (χ0v) is 11.0. The molecule has 0 aromatic heterocycles. The van der Waals surface area contributed by atoms with Crippen molar-refractivity contribution in [3.63, 3.8) is 0 Å². The van der Waals surface area contributed by atoms with Crippen molar-refractivity contribution >= 4 is 33.0 Å². The third kappa shape index (κ3) is 2.02. The molecule has 2 rings (SSSR count). The molecule has 0 fully saturated rings. The summed E-state index contributed by atoms with van der Waals surface area (Å²) in [4.78, 5) is 11.1. The predicted octanol–water partition coefficient (Wildman–Crippen LogP) is -0.800. The first-order valence-electron chi connectivity index (χ1n) is 3.27. The maximum atomic E-state index is 11.1. The Labute approximate surface area is 103 Å². The number of carbonyl (C=O) groups excluding carboxylic acids is 1. The summed E-state index contributed by atoms with van der Waals surface area (Å²) < 4.78 is 24.2. The van der Waals surface area contributed by atoms with Gasteiger partial charge in [-0.25, -0.2) is 13.1 Å². The Morgan fingerprint density at radius 1 is 1.14 bits per heavy atom. The van der Waals surface area contributed by atoms with Crippen LogP contribution < -0.4 is 4.72 Å². The Hall–Kier alpha value is -0.308. The monoisotopic (exact) mass is 317 g/mol. The molecule has 1 aliphatic rings. The number of sulfonamides is 1. The van der Waals surface area contributed by atoms with Gasteiger partial charge in [0.15, 0.2) is 0 Å². The van der Waals surface area contributed by atoms with Crippen LogP contribution in [0.5, 0.6) is 0 Å². The van der Waals surface area contributed by atoms with Crippen LogP contribution in [0.3, 0.4) is 0 Å². The number of hydrogen-bond acceptors (Lipinski definition) is 3. The first-order chi connectivity index (χ1) is 5.61. The Balaban J connectivity index is 0.000000845. The second kappa shape index (κ2) is 4.47. The molecule has 0 saturated carbocycles. The molecule has 0 aliphatic carbocycles. The van der Waals surface area contributed by atoms with Crippen molar-refractivity contribution in [2.45, 2.75) is 4.90 Å². The Kier molecular flexibility index (Phi) is 4.38. The summed E-state index contributed by atoms with van der Waals surface area (Å²) in [5.41, 5.74) is 0.220. The molecule has 0 spiro atoms. The quantitative estimate of drug-likeness (QED) is 0.638. The molecule has 0 unspecified atom stereocenters. The summed E-state index contributed by atoms with van der Waals surface area (Å²) in [5.74, 6) is -0.550. The average molecular weight is 316 g/mol. The SMILES string of the molecule is O=C1NS(=O)(=O)c2ccccc21.[Cr].[SeH2]. The second-order valence-electron chi connectivity index (χ2n) is 2.43.